The standard InChI is InChI=1S/C14H11ClN2O3/c15-12-6-5-10(18)7-11(12)14(20)17-9-3-1-8(2-4-9)13(16)19/h1-7,18H,(H2,16,19)(H,17,20). The fraction of sp³-hybridized carbons (Fsp3) is 0. The number of halogens is 1. The fourth-order valence-electron chi connectivity index (χ4n) is 1.60. The second kappa shape index (κ2) is 5.63. The molecule has 5 nitrogen and oxygen atoms in total. The Balaban J connectivity index is 2.19. The van der Waals surface area contributed by atoms with Gasteiger partial charge >= 0.3 is 0 Å². The van der Waals surface area contributed by atoms with E-state index >= 15 is 0 Å². The number of aromatic hydroxyl groups is 1. The van der Waals surface area contributed by atoms with Gasteiger partial charge in [0.05, 0.1) is 10.6 Å². The molecule has 0 aromatic heterocycles. The summed E-state index contributed by atoms with van der Waals surface area (Å²) in [6.45, 7) is 0. The molecular formula is C14H11ClN2O3. The molecule has 0 saturated heterocycles. The van der Waals surface area contributed by atoms with Gasteiger partial charge < -0.3 is 16.2 Å². The van der Waals surface area contributed by atoms with Crippen LogP contribution in [0.3, 0.4) is 0 Å². The molecule has 2 rings (SSSR count). The summed E-state index contributed by atoms with van der Waals surface area (Å²) in [4.78, 5) is 22.9. The molecule has 6 heteroatoms. The number of primary amides is 1. The molecule has 0 radical (unpaired) electrons. The van der Waals surface area contributed by atoms with Crippen molar-refractivity contribution in [3.8, 4) is 5.75 Å². The normalized spacial score (nSPS) is 10.1. The Labute approximate surface area is 120 Å². The predicted molar refractivity (Wildman–Crippen MR) is 76.0 cm³/mol. The molecule has 2 aromatic rings. The van der Waals surface area contributed by atoms with Gasteiger partial charge in [-0.25, -0.2) is 0 Å². The maximum absolute atomic E-state index is 12.0. The molecule has 4 N–H and O–H groups in total. The lowest BCUT2D eigenvalue weighted by molar-refractivity contribution is 0.0998. The van der Waals surface area contributed by atoms with E-state index in [1.807, 2.05) is 0 Å². The van der Waals surface area contributed by atoms with Crippen molar-refractivity contribution in [2.24, 2.45) is 5.73 Å². The van der Waals surface area contributed by atoms with Crippen molar-refractivity contribution in [1.82, 2.24) is 0 Å². The minimum absolute atomic E-state index is 0.0522. The van der Waals surface area contributed by atoms with Crippen molar-refractivity contribution < 1.29 is 14.7 Å². The van der Waals surface area contributed by atoms with Crippen LogP contribution < -0.4 is 11.1 Å². The van der Waals surface area contributed by atoms with Crippen molar-refractivity contribution in [3.63, 3.8) is 0 Å². The summed E-state index contributed by atoms with van der Waals surface area (Å²) in [5.74, 6) is -1.06. The molecule has 0 aliphatic rings. The van der Waals surface area contributed by atoms with Crippen molar-refractivity contribution in [2.45, 2.75) is 0 Å². The maximum Gasteiger partial charge on any atom is 0.257 e. The lowest BCUT2D eigenvalue weighted by Crippen LogP contribution is -2.13. The van der Waals surface area contributed by atoms with Crippen LogP contribution >= 0.6 is 11.6 Å². The zero-order chi connectivity index (χ0) is 14.7. The highest BCUT2D eigenvalue weighted by Gasteiger charge is 2.11. The predicted octanol–water partition coefficient (Wildman–Crippen LogP) is 2.40. The number of hydrogen-bond donors (Lipinski definition) is 3. The van der Waals surface area contributed by atoms with Crippen LogP contribution in [0.15, 0.2) is 42.5 Å². The molecule has 0 saturated carbocycles. The Morgan fingerprint density at radius 3 is 2.35 bits per heavy atom. The lowest BCUT2D eigenvalue weighted by Gasteiger charge is -2.07. The molecule has 0 aliphatic heterocycles. The number of benzene rings is 2. The number of rotatable bonds is 3. The average Bonchev–Trinajstić information content (AvgIpc) is 2.42. The van der Waals surface area contributed by atoms with Crippen LogP contribution in [0.4, 0.5) is 5.69 Å². The number of nitrogens with two attached hydrogens (primary N) is 1. The monoisotopic (exact) mass is 290 g/mol. The number of phenolic OH excluding ortho intramolecular Hbond substituents is 1. The van der Waals surface area contributed by atoms with E-state index in [0.29, 0.717) is 11.3 Å². The highest BCUT2D eigenvalue weighted by atomic mass is 35.5. The van der Waals surface area contributed by atoms with E-state index in [1.54, 1.807) is 12.1 Å². The van der Waals surface area contributed by atoms with Gasteiger partial charge in [-0.3, -0.25) is 9.59 Å². The third kappa shape index (κ3) is 3.07. The van der Waals surface area contributed by atoms with Gasteiger partial charge in [-0.05, 0) is 42.5 Å². The van der Waals surface area contributed by atoms with Crippen molar-refractivity contribution in [2.75, 3.05) is 5.32 Å². The summed E-state index contributed by atoms with van der Waals surface area (Å²) in [7, 11) is 0. The molecule has 0 bridgehead atoms. The highest BCUT2D eigenvalue weighted by molar-refractivity contribution is 6.34. The molecular weight excluding hydrogens is 280 g/mol. The minimum atomic E-state index is -0.543. The number of nitrogens with one attached hydrogen (secondary N) is 1. The number of anilines is 1. The molecule has 0 unspecified atom stereocenters. The SMILES string of the molecule is NC(=O)c1ccc(NC(=O)c2cc(O)ccc2Cl)cc1. The van der Waals surface area contributed by atoms with E-state index in [-0.39, 0.29) is 16.3 Å². The number of phenols is 1. The van der Waals surface area contributed by atoms with Gasteiger partial charge in [0.1, 0.15) is 5.75 Å². The molecule has 20 heavy (non-hydrogen) atoms. The summed E-state index contributed by atoms with van der Waals surface area (Å²) >= 11 is 5.89. The minimum Gasteiger partial charge on any atom is -0.508 e. The van der Waals surface area contributed by atoms with Crippen LogP contribution in [0.2, 0.25) is 5.02 Å². The van der Waals surface area contributed by atoms with E-state index in [4.69, 9.17) is 17.3 Å². The van der Waals surface area contributed by atoms with E-state index in [0.717, 1.165) is 0 Å². The van der Waals surface area contributed by atoms with E-state index in [2.05, 4.69) is 5.32 Å². The molecule has 0 heterocycles. The van der Waals surface area contributed by atoms with Gasteiger partial charge in [0.25, 0.3) is 5.91 Å². The van der Waals surface area contributed by atoms with Crippen molar-refractivity contribution in [1.29, 1.82) is 0 Å². The third-order valence-corrected chi connectivity index (χ3v) is 2.95. The first-order valence-electron chi connectivity index (χ1n) is 5.67. The van der Waals surface area contributed by atoms with Gasteiger partial charge in [-0.15, -0.1) is 0 Å². The molecule has 0 atom stereocenters. The van der Waals surface area contributed by atoms with E-state index < -0.39 is 11.8 Å². The number of carbonyl (C=O) groups is 2. The topological polar surface area (TPSA) is 92.4 Å². The first-order chi connectivity index (χ1) is 9.47. The third-order valence-electron chi connectivity index (χ3n) is 2.62. The first kappa shape index (κ1) is 13.9. The van der Waals surface area contributed by atoms with Gasteiger partial charge in [0, 0.05) is 11.3 Å². The Morgan fingerprint density at radius 1 is 1.10 bits per heavy atom. The van der Waals surface area contributed by atoms with Gasteiger partial charge in [0.2, 0.25) is 5.91 Å². The van der Waals surface area contributed by atoms with Crippen LogP contribution in [-0.2, 0) is 0 Å². The molecule has 102 valence electrons. The zero-order valence-corrected chi connectivity index (χ0v) is 11.0. The number of hydrogen-bond acceptors (Lipinski definition) is 3. The zero-order valence-electron chi connectivity index (χ0n) is 10.3. The van der Waals surface area contributed by atoms with Crippen molar-refractivity contribution in [3.05, 3.63) is 58.6 Å². The lowest BCUT2D eigenvalue weighted by atomic mass is 10.1. The van der Waals surface area contributed by atoms with Crippen LogP contribution in [0.25, 0.3) is 0 Å². The smallest absolute Gasteiger partial charge is 0.257 e. The highest BCUT2D eigenvalue weighted by Crippen LogP contribution is 2.22. The Morgan fingerprint density at radius 2 is 1.75 bits per heavy atom. The van der Waals surface area contributed by atoms with E-state index in [1.165, 1.54) is 30.3 Å². The van der Waals surface area contributed by atoms with Gasteiger partial charge in [-0.2, -0.15) is 0 Å². The fourth-order valence-corrected chi connectivity index (χ4v) is 1.81. The number of carbonyl (C=O) groups excluding carboxylic acids is 2. The van der Waals surface area contributed by atoms with Crippen LogP contribution in [0.5, 0.6) is 5.75 Å². The maximum atomic E-state index is 12.0. The summed E-state index contributed by atoms with van der Waals surface area (Å²) in [5, 5.41) is 12.2. The Hall–Kier alpha value is -2.53. The summed E-state index contributed by atoms with van der Waals surface area (Å²) in [6.07, 6.45) is 0. The molecule has 0 aliphatic carbocycles. The van der Waals surface area contributed by atoms with E-state index in [9.17, 15) is 14.7 Å². The quantitative estimate of drug-likeness (QED) is 0.810. The average molecular weight is 291 g/mol. The molecule has 0 spiro atoms. The Bertz CT molecular complexity index is 669. The van der Waals surface area contributed by atoms with Gasteiger partial charge in [-0.1, -0.05) is 11.6 Å². The second-order valence-corrected chi connectivity index (χ2v) is 4.47. The molecule has 2 amide bonds. The van der Waals surface area contributed by atoms with Gasteiger partial charge in [0.15, 0.2) is 0 Å². The molecule has 2 aromatic carbocycles. The first-order valence-corrected chi connectivity index (χ1v) is 6.05. The second-order valence-electron chi connectivity index (χ2n) is 4.06. The molecule has 0 fully saturated rings. The largest absolute Gasteiger partial charge is 0.508 e. The van der Waals surface area contributed by atoms with Crippen LogP contribution in [0, 0.1) is 0 Å². The van der Waals surface area contributed by atoms with Crippen LogP contribution in [0.1, 0.15) is 20.7 Å². The summed E-state index contributed by atoms with van der Waals surface area (Å²) in [6, 6.07) is 10.2. The summed E-state index contributed by atoms with van der Waals surface area (Å²) < 4.78 is 0. The number of amides is 2. The van der Waals surface area contributed by atoms with Crippen molar-refractivity contribution >= 4 is 29.1 Å². The summed E-state index contributed by atoms with van der Waals surface area (Å²) in [5.41, 5.74) is 6.11. The Kier molecular flexibility index (Phi) is 3.91. The van der Waals surface area contributed by atoms with Crippen LogP contribution in [-0.4, -0.2) is 16.9 Å².